The largest absolute Gasteiger partial charge is 0.497 e. The lowest BCUT2D eigenvalue weighted by Crippen LogP contribution is -2.47. The minimum absolute atomic E-state index is 0.0424. The first-order valence-electron chi connectivity index (χ1n) is 22.3. The Bertz CT molecular complexity index is 2640. The number of nitrogens with zero attached hydrogens (tertiary/aromatic N) is 2. The molecule has 8 rings (SSSR count). The van der Waals surface area contributed by atoms with Crippen molar-refractivity contribution in [2.45, 2.75) is 74.7 Å². The average Bonchev–Trinajstić information content (AvgIpc) is 3.65. The fraction of sp³-hybridized carbons (Fsp3) is 0.273. The SMILES string of the molecule is COc1ccc(C(Nc2ccn([C@@H]3O[C@H](CO[Si](C)(C)C(C)(C)C)[C@@H](OC(c4ccccc4)(c4ccccc4)c4ccc(OC)cc4)[C@@H]3F)c(=O)n2)(c2ccccc2)c2ccccc2)cc1. The Labute approximate surface area is 388 Å². The van der Waals surface area contributed by atoms with E-state index in [0.29, 0.717) is 11.5 Å². The Kier molecular flexibility index (Phi) is 13.4. The Morgan fingerprint density at radius 1 is 0.636 bits per heavy atom. The van der Waals surface area contributed by atoms with Gasteiger partial charge in [0, 0.05) is 6.20 Å². The molecular formula is C55H58FN3O6Si. The highest BCUT2D eigenvalue weighted by molar-refractivity contribution is 6.74. The van der Waals surface area contributed by atoms with Gasteiger partial charge in [-0.15, -0.1) is 0 Å². The summed E-state index contributed by atoms with van der Waals surface area (Å²) in [5, 5.41) is 3.52. The number of benzene rings is 6. The van der Waals surface area contributed by atoms with E-state index >= 15 is 4.39 Å². The zero-order valence-corrected chi connectivity index (χ0v) is 39.6. The van der Waals surface area contributed by atoms with Crippen LogP contribution in [0.4, 0.5) is 10.2 Å². The highest BCUT2D eigenvalue weighted by atomic mass is 28.4. The topological polar surface area (TPSA) is 93.1 Å². The molecule has 2 heterocycles. The molecule has 340 valence electrons. The summed E-state index contributed by atoms with van der Waals surface area (Å²) in [6.45, 7) is 10.8. The molecule has 6 aromatic carbocycles. The third kappa shape index (κ3) is 8.96. The highest BCUT2D eigenvalue weighted by Gasteiger charge is 2.53. The number of rotatable bonds is 16. The van der Waals surface area contributed by atoms with E-state index in [9.17, 15) is 4.79 Å². The lowest BCUT2D eigenvalue weighted by Gasteiger charge is -2.40. The van der Waals surface area contributed by atoms with Crippen molar-refractivity contribution in [2.75, 3.05) is 26.1 Å². The molecule has 0 amide bonds. The second-order valence-corrected chi connectivity index (χ2v) is 23.0. The smallest absolute Gasteiger partial charge is 0.351 e. The van der Waals surface area contributed by atoms with Crippen LogP contribution < -0.4 is 20.5 Å². The predicted molar refractivity (Wildman–Crippen MR) is 260 cm³/mol. The van der Waals surface area contributed by atoms with Gasteiger partial charge in [-0.2, -0.15) is 4.98 Å². The molecule has 1 N–H and O–H groups in total. The quantitative estimate of drug-likeness (QED) is 0.0757. The van der Waals surface area contributed by atoms with Gasteiger partial charge in [0.1, 0.15) is 40.7 Å². The molecule has 66 heavy (non-hydrogen) atoms. The number of hydrogen-bond acceptors (Lipinski definition) is 8. The van der Waals surface area contributed by atoms with Gasteiger partial charge in [-0.25, -0.2) is 9.18 Å². The molecular weight excluding hydrogens is 846 g/mol. The number of aromatic nitrogens is 2. The van der Waals surface area contributed by atoms with Gasteiger partial charge in [0.2, 0.25) is 0 Å². The molecule has 1 aliphatic heterocycles. The third-order valence-corrected chi connectivity index (χ3v) is 17.7. The van der Waals surface area contributed by atoms with Crippen LogP contribution in [0.3, 0.4) is 0 Å². The number of halogens is 1. The summed E-state index contributed by atoms with van der Waals surface area (Å²) >= 11 is 0. The van der Waals surface area contributed by atoms with Crippen molar-refractivity contribution in [1.29, 1.82) is 0 Å². The molecule has 9 nitrogen and oxygen atoms in total. The molecule has 11 heteroatoms. The molecule has 4 atom stereocenters. The standard InChI is InChI=1S/C55H58FN3O6Si/c1-53(2,3)66(6,7)63-38-47-50(65-55(42-24-16-10-17-25-42,43-26-18-11-19-27-43)44-30-34-46(62-5)35-31-44)49(56)51(64-47)59-37-36-48(57-52(59)60)58-54(39-20-12-8-13-21-39,40-22-14-9-15-23-40)41-28-32-45(61-4)33-29-41/h8-37,47,49-51H,38H2,1-7H3,(H,57,58,60)/t47-,49+,50-,51-/m1/s1. The lowest BCUT2D eigenvalue weighted by atomic mass is 9.77. The van der Waals surface area contributed by atoms with E-state index in [4.69, 9.17) is 23.4 Å². The number of anilines is 1. The van der Waals surface area contributed by atoms with E-state index < -0.39 is 49.8 Å². The Morgan fingerprint density at radius 2 is 1.06 bits per heavy atom. The van der Waals surface area contributed by atoms with Crippen LogP contribution >= 0.6 is 0 Å². The average molecular weight is 904 g/mol. The van der Waals surface area contributed by atoms with E-state index in [0.717, 1.165) is 33.4 Å². The zero-order valence-electron chi connectivity index (χ0n) is 38.6. The van der Waals surface area contributed by atoms with Crippen molar-refractivity contribution in [1.82, 2.24) is 9.55 Å². The van der Waals surface area contributed by atoms with Crippen molar-refractivity contribution >= 4 is 14.1 Å². The van der Waals surface area contributed by atoms with Gasteiger partial charge in [0.05, 0.1) is 20.8 Å². The van der Waals surface area contributed by atoms with Crippen LogP contribution in [0.1, 0.15) is 60.4 Å². The molecule has 0 bridgehead atoms. The van der Waals surface area contributed by atoms with Gasteiger partial charge in [0.25, 0.3) is 0 Å². The van der Waals surface area contributed by atoms with Gasteiger partial charge < -0.3 is 28.7 Å². The maximum absolute atomic E-state index is 18.0. The summed E-state index contributed by atoms with van der Waals surface area (Å²) in [7, 11) is 0.864. The molecule has 1 fully saturated rings. The summed E-state index contributed by atoms with van der Waals surface area (Å²) < 4.78 is 51.1. The first kappa shape index (κ1) is 46.2. The van der Waals surface area contributed by atoms with E-state index in [-0.39, 0.29) is 17.5 Å². The predicted octanol–water partition coefficient (Wildman–Crippen LogP) is 11.3. The second kappa shape index (κ2) is 19.2. The number of ether oxygens (including phenoxy) is 4. The molecule has 1 aliphatic rings. The second-order valence-electron chi connectivity index (χ2n) is 18.1. The number of methoxy groups -OCH3 is 2. The molecule has 0 unspecified atom stereocenters. The third-order valence-electron chi connectivity index (χ3n) is 13.2. The Hall–Kier alpha value is -6.37. The lowest BCUT2D eigenvalue weighted by molar-refractivity contribution is -0.103. The van der Waals surface area contributed by atoms with E-state index in [2.05, 4.69) is 44.2 Å². The first-order chi connectivity index (χ1) is 31.8. The van der Waals surface area contributed by atoms with Gasteiger partial charge in [-0.3, -0.25) is 4.57 Å². The Balaban J connectivity index is 1.22. The fourth-order valence-electron chi connectivity index (χ4n) is 8.58. The van der Waals surface area contributed by atoms with Crippen molar-refractivity contribution < 1.29 is 27.8 Å². The number of nitrogens with one attached hydrogen (secondary N) is 1. The monoisotopic (exact) mass is 903 g/mol. The summed E-state index contributed by atoms with van der Waals surface area (Å²) in [6.07, 6.45) is -3.83. The Morgan fingerprint density at radius 3 is 1.50 bits per heavy atom. The summed E-state index contributed by atoms with van der Waals surface area (Å²) in [6, 6.07) is 56.7. The first-order valence-corrected chi connectivity index (χ1v) is 25.2. The minimum atomic E-state index is -2.39. The van der Waals surface area contributed by atoms with Gasteiger partial charge in [-0.05, 0) is 81.8 Å². The van der Waals surface area contributed by atoms with Crippen molar-refractivity contribution in [3.8, 4) is 11.5 Å². The summed E-state index contributed by atoms with van der Waals surface area (Å²) in [5.41, 5.74) is 2.01. The normalized spacial score (nSPS) is 17.9. The minimum Gasteiger partial charge on any atom is -0.497 e. The molecule has 7 aromatic rings. The molecule has 0 aliphatic carbocycles. The van der Waals surface area contributed by atoms with Crippen LogP contribution in [0.2, 0.25) is 18.1 Å². The van der Waals surface area contributed by atoms with E-state index in [1.807, 2.05) is 170 Å². The molecule has 0 spiro atoms. The number of hydrogen-bond donors (Lipinski definition) is 1. The molecule has 1 saturated heterocycles. The number of alkyl halides is 1. The van der Waals surface area contributed by atoms with Crippen LogP contribution in [-0.2, 0) is 25.0 Å². The van der Waals surface area contributed by atoms with Gasteiger partial charge in [0.15, 0.2) is 20.7 Å². The van der Waals surface area contributed by atoms with Crippen LogP contribution in [0.15, 0.2) is 187 Å². The molecule has 1 aromatic heterocycles. The van der Waals surface area contributed by atoms with E-state index in [1.165, 1.54) is 4.57 Å². The van der Waals surface area contributed by atoms with Crippen LogP contribution in [0.5, 0.6) is 11.5 Å². The van der Waals surface area contributed by atoms with Gasteiger partial charge >= 0.3 is 5.69 Å². The molecule has 0 saturated carbocycles. The maximum atomic E-state index is 18.0. The summed E-state index contributed by atoms with van der Waals surface area (Å²) in [5.74, 6) is 1.65. The van der Waals surface area contributed by atoms with Crippen LogP contribution in [0, 0.1) is 0 Å². The maximum Gasteiger partial charge on any atom is 0.351 e. The van der Waals surface area contributed by atoms with Crippen molar-refractivity contribution in [3.05, 3.63) is 226 Å². The zero-order chi connectivity index (χ0) is 46.5. The van der Waals surface area contributed by atoms with E-state index in [1.54, 1.807) is 26.5 Å². The molecule has 0 radical (unpaired) electrons. The highest BCUT2D eigenvalue weighted by Crippen LogP contribution is 2.47. The van der Waals surface area contributed by atoms with Crippen molar-refractivity contribution in [2.24, 2.45) is 0 Å². The summed E-state index contributed by atoms with van der Waals surface area (Å²) in [4.78, 5) is 19.1. The van der Waals surface area contributed by atoms with Gasteiger partial charge in [-0.1, -0.05) is 166 Å². The van der Waals surface area contributed by atoms with Crippen molar-refractivity contribution in [3.63, 3.8) is 0 Å². The van der Waals surface area contributed by atoms with Crippen LogP contribution in [-0.4, -0.2) is 57.1 Å². The fourth-order valence-corrected chi connectivity index (χ4v) is 9.60. The van der Waals surface area contributed by atoms with Crippen LogP contribution in [0.25, 0.3) is 0 Å².